The molecule has 1 fully saturated rings. The van der Waals surface area contributed by atoms with Crippen LogP contribution in [0, 0.1) is 16.7 Å². The average Bonchev–Trinajstić information content (AvgIpc) is 3.22. The second-order valence-corrected chi connectivity index (χ2v) is 9.49. The minimum absolute atomic E-state index is 0.0182. The van der Waals surface area contributed by atoms with Gasteiger partial charge in [0.15, 0.2) is 0 Å². The van der Waals surface area contributed by atoms with Gasteiger partial charge in [-0.1, -0.05) is 45.0 Å². The molecule has 0 radical (unpaired) electrons. The first-order valence-electron chi connectivity index (χ1n) is 11.3. The van der Waals surface area contributed by atoms with Gasteiger partial charge in [-0.15, -0.1) is 0 Å². The minimum atomic E-state index is -1.84. The molecule has 0 saturated carbocycles. The van der Waals surface area contributed by atoms with Crippen LogP contribution in [-0.4, -0.2) is 72.4 Å². The summed E-state index contributed by atoms with van der Waals surface area (Å²) in [6.07, 6.45) is 2.35. The number of nitrogens with one attached hydrogen (secondary N) is 1. The number of alkyl carbamates (subject to hydrolysis) is 1. The van der Waals surface area contributed by atoms with Crippen molar-refractivity contribution in [2.45, 2.75) is 39.2 Å². The van der Waals surface area contributed by atoms with E-state index in [1.807, 2.05) is 45.0 Å². The molecule has 11 heteroatoms. The number of allylic oxidation sites excluding steroid dienone is 1. The highest BCUT2D eigenvalue weighted by Crippen LogP contribution is 2.22. The lowest BCUT2D eigenvalue weighted by atomic mass is 9.76. The zero-order chi connectivity index (χ0) is 25.6. The summed E-state index contributed by atoms with van der Waals surface area (Å²) in [6.45, 7) is 6.18. The summed E-state index contributed by atoms with van der Waals surface area (Å²) in [5, 5.41) is 32.3. The van der Waals surface area contributed by atoms with Gasteiger partial charge >= 0.3 is 13.2 Å². The molecule has 10 nitrogen and oxygen atoms in total. The SMILES string of the molecule is CC(C)(C)C=C(C#N)C(=O)N1CCOCC1COC(=O)N[C@@H](Cc1coc2ccccc12)B(O)O. The summed E-state index contributed by atoms with van der Waals surface area (Å²) in [4.78, 5) is 26.9. The molecule has 1 aromatic carbocycles. The first kappa shape index (κ1) is 26.3. The molecule has 0 aliphatic carbocycles. The highest BCUT2D eigenvalue weighted by Gasteiger charge is 2.32. The Morgan fingerprint density at radius 1 is 1.37 bits per heavy atom. The Kier molecular flexibility index (Phi) is 8.56. The van der Waals surface area contributed by atoms with Gasteiger partial charge in [0, 0.05) is 11.9 Å². The number of furan rings is 1. The minimum Gasteiger partial charge on any atom is -0.464 e. The van der Waals surface area contributed by atoms with Crippen molar-refractivity contribution < 1.29 is 33.5 Å². The third-order valence-electron chi connectivity index (χ3n) is 5.49. The van der Waals surface area contributed by atoms with Crippen LogP contribution in [0.3, 0.4) is 0 Å². The van der Waals surface area contributed by atoms with Crippen LogP contribution in [0.4, 0.5) is 4.79 Å². The van der Waals surface area contributed by atoms with Gasteiger partial charge in [0.05, 0.1) is 31.5 Å². The van der Waals surface area contributed by atoms with Crippen molar-refractivity contribution in [1.82, 2.24) is 10.2 Å². The molecule has 1 saturated heterocycles. The molecule has 2 atom stereocenters. The number of fused-ring (bicyclic) bond motifs is 1. The van der Waals surface area contributed by atoms with E-state index < -0.39 is 31.1 Å². The van der Waals surface area contributed by atoms with E-state index in [-0.39, 0.29) is 37.2 Å². The lowest BCUT2D eigenvalue weighted by molar-refractivity contribution is -0.137. The fraction of sp³-hybridized carbons (Fsp3) is 0.458. The zero-order valence-electron chi connectivity index (χ0n) is 20.1. The quantitative estimate of drug-likeness (QED) is 0.307. The number of hydrogen-bond acceptors (Lipinski definition) is 8. The predicted octanol–water partition coefficient (Wildman–Crippen LogP) is 1.81. The van der Waals surface area contributed by atoms with Gasteiger partial charge in [-0.2, -0.15) is 5.26 Å². The Balaban J connectivity index is 1.62. The maximum atomic E-state index is 13.0. The molecule has 3 N–H and O–H groups in total. The van der Waals surface area contributed by atoms with Crippen LogP contribution in [0.25, 0.3) is 11.0 Å². The Morgan fingerprint density at radius 3 is 2.80 bits per heavy atom. The number of carbonyl (C=O) groups is 2. The maximum Gasteiger partial charge on any atom is 0.475 e. The number of hydrogen-bond donors (Lipinski definition) is 3. The van der Waals surface area contributed by atoms with E-state index in [1.54, 1.807) is 12.1 Å². The number of nitrogens with zero attached hydrogens (tertiary/aromatic N) is 2. The van der Waals surface area contributed by atoms with Crippen molar-refractivity contribution in [1.29, 1.82) is 5.26 Å². The van der Waals surface area contributed by atoms with Crippen molar-refractivity contribution in [2.24, 2.45) is 5.41 Å². The second-order valence-electron chi connectivity index (χ2n) is 9.49. The highest BCUT2D eigenvalue weighted by atomic mass is 16.6. The first-order valence-corrected chi connectivity index (χ1v) is 11.3. The number of carbonyl (C=O) groups excluding carboxylic acids is 2. The Morgan fingerprint density at radius 2 is 2.11 bits per heavy atom. The van der Waals surface area contributed by atoms with Crippen LogP contribution in [0.5, 0.6) is 0 Å². The molecule has 0 bridgehead atoms. The summed E-state index contributed by atoms with van der Waals surface area (Å²) in [5.74, 6) is -1.50. The lowest BCUT2D eigenvalue weighted by Crippen LogP contribution is -2.53. The Hall–Kier alpha value is -3.33. The molecule has 1 unspecified atom stereocenters. The zero-order valence-corrected chi connectivity index (χ0v) is 20.1. The van der Waals surface area contributed by atoms with Crippen LogP contribution in [0.2, 0.25) is 0 Å². The topological polar surface area (TPSA) is 145 Å². The third kappa shape index (κ3) is 7.08. The van der Waals surface area contributed by atoms with Crippen LogP contribution in [0.1, 0.15) is 26.3 Å². The first-order chi connectivity index (χ1) is 16.6. The van der Waals surface area contributed by atoms with Crippen LogP contribution in [0.15, 0.2) is 46.6 Å². The van der Waals surface area contributed by atoms with Crippen molar-refractivity contribution in [3.63, 3.8) is 0 Å². The van der Waals surface area contributed by atoms with E-state index in [0.717, 1.165) is 5.39 Å². The number of para-hydroxylation sites is 1. The summed E-state index contributed by atoms with van der Waals surface area (Å²) in [6, 6.07) is 8.66. The normalized spacial score (nSPS) is 17.5. The molecule has 2 amide bonds. The summed E-state index contributed by atoms with van der Waals surface area (Å²) in [7, 11) is -1.84. The molecular weight excluding hydrogens is 453 g/mol. The largest absolute Gasteiger partial charge is 0.475 e. The molecule has 2 heterocycles. The third-order valence-corrected chi connectivity index (χ3v) is 5.49. The summed E-state index contributed by atoms with van der Waals surface area (Å²) in [5.41, 5.74) is 1.01. The van der Waals surface area contributed by atoms with Crippen molar-refractivity contribution in [3.8, 4) is 6.07 Å². The van der Waals surface area contributed by atoms with Gasteiger partial charge in [0.2, 0.25) is 0 Å². The molecule has 1 aliphatic heterocycles. The molecular formula is C24H30BN3O7. The smallest absolute Gasteiger partial charge is 0.464 e. The fourth-order valence-electron chi connectivity index (χ4n) is 3.81. The van der Waals surface area contributed by atoms with Gasteiger partial charge in [-0.25, -0.2) is 4.79 Å². The van der Waals surface area contributed by atoms with Crippen LogP contribution < -0.4 is 5.32 Å². The number of nitriles is 1. The monoisotopic (exact) mass is 483 g/mol. The molecule has 2 aromatic rings. The highest BCUT2D eigenvalue weighted by molar-refractivity contribution is 6.43. The van der Waals surface area contributed by atoms with E-state index in [0.29, 0.717) is 17.8 Å². The fourth-order valence-corrected chi connectivity index (χ4v) is 3.81. The molecule has 35 heavy (non-hydrogen) atoms. The average molecular weight is 483 g/mol. The van der Waals surface area contributed by atoms with E-state index in [4.69, 9.17) is 13.9 Å². The number of benzene rings is 1. The van der Waals surface area contributed by atoms with E-state index in [1.165, 1.54) is 11.2 Å². The van der Waals surface area contributed by atoms with Crippen molar-refractivity contribution in [2.75, 3.05) is 26.4 Å². The van der Waals surface area contributed by atoms with E-state index in [9.17, 15) is 24.9 Å². The number of morpholine rings is 1. The lowest BCUT2D eigenvalue weighted by Gasteiger charge is -2.35. The van der Waals surface area contributed by atoms with Crippen molar-refractivity contribution in [3.05, 3.63) is 47.7 Å². The number of amides is 2. The predicted molar refractivity (Wildman–Crippen MR) is 128 cm³/mol. The van der Waals surface area contributed by atoms with E-state index >= 15 is 0 Å². The molecule has 3 rings (SSSR count). The number of rotatable bonds is 7. The molecule has 1 aliphatic rings. The second kappa shape index (κ2) is 11.4. The maximum absolute atomic E-state index is 13.0. The number of ether oxygens (including phenoxy) is 2. The summed E-state index contributed by atoms with van der Waals surface area (Å²) < 4.78 is 16.2. The molecule has 1 aromatic heterocycles. The van der Waals surface area contributed by atoms with Gasteiger partial charge in [-0.05, 0) is 23.5 Å². The van der Waals surface area contributed by atoms with Gasteiger partial charge in [-0.3, -0.25) is 4.79 Å². The standard InChI is InChI=1S/C24H30BN3O7/c1-24(2,3)11-17(12-26)22(29)28-8-9-33-14-18(28)15-35-23(30)27-21(25(31)32)10-16-13-34-20-7-5-4-6-19(16)20/h4-7,11,13,18,21,31-32H,8-10,14-15H2,1-3H3,(H,27,30)/t18?,21-/m0/s1. The van der Waals surface area contributed by atoms with Gasteiger partial charge in [0.25, 0.3) is 5.91 Å². The van der Waals surface area contributed by atoms with Gasteiger partial charge < -0.3 is 34.2 Å². The Bertz CT molecular complexity index is 1120. The molecule has 186 valence electrons. The van der Waals surface area contributed by atoms with Crippen LogP contribution >= 0.6 is 0 Å². The van der Waals surface area contributed by atoms with Gasteiger partial charge in [0.1, 0.15) is 23.8 Å². The molecule has 0 spiro atoms. The van der Waals surface area contributed by atoms with Crippen molar-refractivity contribution >= 4 is 30.1 Å². The van der Waals surface area contributed by atoms with Crippen LogP contribution in [-0.2, 0) is 20.7 Å². The van der Waals surface area contributed by atoms with E-state index in [2.05, 4.69) is 5.32 Å². The summed E-state index contributed by atoms with van der Waals surface area (Å²) >= 11 is 0. The Labute approximate surface area is 204 Å².